The molecule has 1 aliphatic rings. The topological polar surface area (TPSA) is 21.8 Å². The maximum Gasteiger partial charge on any atom is 0.0958 e. The van der Waals surface area contributed by atoms with E-state index in [0.29, 0.717) is 0 Å². The molecule has 0 saturated carbocycles. The standard InChI is InChI=1S/C29H36N4/c1-5-31(6-2)25-18-14-23(15-19-25)28-22-29(33(30-28)27-12-10-9-11-13-27)24-16-20-26(21-17-24)32(7-3)8-4/h9-22,29-30H,5-8H2,1-4H3. The van der Waals surface area contributed by atoms with Crippen molar-refractivity contribution in [3.63, 3.8) is 0 Å². The summed E-state index contributed by atoms with van der Waals surface area (Å²) in [7, 11) is 0. The first-order valence-electron chi connectivity index (χ1n) is 12.2. The highest BCUT2D eigenvalue weighted by Crippen LogP contribution is 2.36. The summed E-state index contributed by atoms with van der Waals surface area (Å²) in [4.78, 5) is 4.75. The van der Waals surface area contributed by atoms with Crippen molar-refractivity contribution in [1.82, 2.24) is 5.43 Å². The van der Waals surface area contributed by atoms with Gasteiger partial charge in [-0.1, -0.05) is 42.5 Å². The van der Waals surface area contributed by atoms with Gasteiger partial charge in [-0.05, 0) is 81.3 Å². The van der Waals surface area contributed by atoms with E-state index in [1.807, 2.05) is 0 Å². The molecule has 172 valence electrons. The number of hydrogen-bond acceptors (Lipinski definition) is 4. The largest absolute Gasteiger partial charge is 0.372 e. The van der Waals surface area contributed by atoms with Gasteiger partial charge in [-0.25, -0.2) is 0 Å². The van der Waals surface area contributed by atoms with E-state index in [9.17, 15) is 0 Å². The highest BCUT2D eigenvalue weighted by atomic mass is 15.5. The van der Waals surface area contributed by atoms with Gasteiger partial charge in [-0.15, -0.1) is 0 Å². The summed E-state index contributed by atoms with van der Waals surface area (Å²) in [5.41, 5.74) is 11.0. The molecule has 1 atom stereocenters. The number of rotatable bonds is 9. The van der Waals surface area contributed by atoms with Crippen molar-refractivity contribution in [3.05, 3.63) is 96.1 Å². The molecule has 0 aliphatic carbocycles. The molecule has 1 heterocycles. The molecule has 3 aromatic carbocycles. The zero-order chi connectivity index (χ0) is 23.2. The highest BCUT2D eigenvalue weighted by molar-refractivity contribution is 5.73. The Balaban J connectivity index is 1.65. The molecule has 0 bridgehead atoms. The van der Waals surface area contributed by atoms with Crippen LogP contribution in [-0.2, 0) is 0 Å². The fourth-order valence-corrected chi connectivity index (χ4v) is 4.60. The molecule has 1 N–H and O–H groups in total. The van der Waals surface area contributed by atoms with Gasteiger partial charge in [-0.3, -0.25) is 10.4 Å². The second-order valence-electron chi connectivity index (χ2n) is 8.33. The summed E-state index contributed by atoms with van der Waals surface area (Å²) in [5, 5.41) is 2.26. The van der Waals surface area contributed by atoms with Crippen LogP contribution in [0.1, 0.15) is 44.9 Å². The molecule has 0 aromatic heterocycles. The molecule has 0 fully saturated rings. The average Bonchev–Trinajstić information content (AvgIpc) is 3.32. The van der Waals surface area contributed by atoms with Crippen LogP contribution in [-0.4, -0.2) is 26.2 Å². The number of hydrazine groups is 1. The van der Waals surface area contributed by atoms with Crippen molar-refractivity contribution in [1.29, 1.82) is 0 Å². The Morgan fingerprint density at radius 2 is 1.18 bits per heavy atom. The van der Waals surface area contributed by atoms with Gasteiger partial charge in [0, 0.05) is 37.6 Å². The van der Waals surface area contributed by atoms with E-state index in [0.717, 1.165) is 37.6 Å². The molecule has 4 heteroatoms. The maximum atomic E-state index is 3.68. The molecule has 0 radical (unpaired) electrons. The van der Waals surface area contributed by atoms with E-state index in [-0.39, 0.29) is 6.04 Å². The Hall–Kier alpha value is -3.40. The van der Waals surface area contributed by atoms with Gasteiger partial charge < -0.3 is 9.80 Å². The minimum atomic E-state index is 0.121. The van der Waals surface area contributed by atoms with Crippen LogP contribution in [0.5, 0.6) is 0 Å². The second-order valence-corrected chi connectivity index (χ2v) is 8.33. The molecule has 33 heavy (non-hydrogen) atoms. The summed E-state index contributed by atoms with van der Waals surface area (Å²) >= 11 is 0. The zero-order valence-electron chi connectivity index (χ0n) is 20.3. The van der Waals surface area contributed by atoms with Gasteiger partial charge in [-0.2, -0.15) is 0 Å². The third-order valence-corrected chi connectivity index (χ3v) is 6.55. The second kappa shape index (κ2) is 10.5. The van der Waals surface area contributed by atoms with Crippen molar-refractivity contribution in [3.8, 4) is 0 Å². The van der Waals surface area contributed by atoms with Crippen molar-refractivity contribution in [2.45, 2.75) is 33.7 Å². The Morgan fingerprint density at radius 3 is 1.70 bits per heavy atom. The van der Waals surface area contributed by atoms with E-state index < -0.39 is 0 Å². The lowest BCUT2D eigenvalue weighted by atomic mass is 10.0. The van der Waals surface area contributed by atoms with Crippen LogP contribution in [0.2, 0.25) is 0 Å². The van der Waals surface area contributed by atoms with Crippen molar-refractivity contribution in [2.24, 2.45) is 0 Å². The lowest BCUT2D eigenvalue weighted by Gasteiger charge is -2.28. The van der Waals surface area contributed by atoms with Crippen molar-refractivity contribution < 1.29 is 0 Å². The smallest absolute Gasteiger partial charge is 0.0958 e. The lowest BCUT2D eigenvalue weighted by Crippen LogP contribution is -2.34. The minimum Gasteiger partial charge on any atom is -0.372 e. The summed E-state index contributed by atoms with van der Waals surface area (Å²) in [5.74, 6) is 0. The molecule has 0 amide bonds. The summed E-state index contributed by atoms with van der Waals surface area (Å²) < 4.78 is 0. The maximum absolute atomic E-state index is 3.68. The van der Waals surface area contributed by atoms with Gasteiger partial charge in [0.2, 0.25) is 0 Å². The van der Waals surface area contributed by atoms with Crippen LogP contribution in [0.15, 0.2) is 84.9 Å². The third kappa shape index (κ3) is 4.85. The number of hydrogen-bond donors (Lipinski definition) is 1. The Kier molecular flexibility index (Phi) is 7.23. The van der Waals surface area contributed by atoms with E-state index in [1.54, 1.807) is 0 Å². The predicted octanol–water partition coefficient (Wildman–Crippen LogP) is 6.49. The van der Waals surface area contributed by atoms with Crippen LogP contribution in [0.3, 0.4) is 0 Å². The number of anilines is 3. The SMILES string of the molecule is CCN(CC)c1ccc(C2=CC(c3ccc(N(CC)CC)cc3)N(c3ccccc3)N2)cc1. The first kappa shape index (κ1) is 22.8. The first-order chi connectivity index (χ1) is 16.2. The van der Waals surface area contributed by atoms with Crippen LogP contribution >= 0.6 is 0 Å². The van der Waals surface area contributed by atoms with Crippen molar-refractivity contribution >= 4 is 22.8 Å². The van der Waals surface area contributed by atoms with Crippen LogP contribution in [0.25, 0.3) is 5.70 Å². The van der Waals surface area contributed by atoms with E-state index in [4.69, 9.17) is 0 Å². The molecular formula is C29H36N4. The van der Waals surface area contributed by atoms with Gasteiger partial charge in [0.1, 0.15) is 0 Å². The van der Waals surface area contributed by atoms with E-state index in [2.05, 4.69) is 133 Å². The Bertz CT molecular complexity index is 1030. The van der Waals surface area contributed by atoms with Crippen LogP contribution < -0.4 is 20.2 Å². The van der Waals surface area contributed by atoms with Gasteiger partial charge in [0.25, 0.3) is 0 Å². The summed E-state index contributed by atoms with van der Waals surface area (Å²) in [6, 6.07) is 28.6. The summed E-state index contributed by atoms with van der Waals surface area (Å²) in [6.45, 7) is 12.9. The quantitative estimate of drug-likeness (QED) is 0.411. The van der Waals surface area contributed by atoms with E-state index in [1.165, 1.54) is 22.5 Å². The monoisotopic (exact) mass is 440 g/mol. The first-order valence-corrected chi connectivity index (χ1v) is 12.2. The van der Waals surface area contributed by atoms with Crippen molar-refractivity contribution in [2.75, 3.05) is 41.0 Å². The number of nitrogens with zero attached hydrogens (tertiary/aromatic N) is 3. The third-order valence-electron chi connectivity index (χ3n) is 6.55. The molecule has 4 nitrogen and oxygen atoms in total. The van der Waals surface area contributed by atoms with E-state index >= 15 is 0 Å². The molecule has 1 unspecified atom stereocenters. The predicted molar refractivity (Wildman–Crippen MR) is 143 cm³/mol. The Labute approximate surface area is 199 Å². The minimum absolute atomic E-state index is 0.121. The lowest BCUT2D eigenvalue weighted by molar-refractivity contribution is 0.724. The van der Waals surface area contributed by atoms with Gasteiger partial charge >= 0.3 is 0 Å². The molecular weight excluding hydrogens is 404 g/mol. The number of benzene rings is 3. The summed E-state index contributed by atoms with van der Waals surface area (Å²) in [6.07, 6.45) is 2.34. The average molecular weight is 441 g/mol. The fourth-order valence-electron chi connectivity index (χ4n) is 4.60. The Morgan fingerprint density at radius 1 is 0.667 bits per heavy atom. The zero-order valence-corrected chi connectivity index (χ0v) is 20.3. The number of para-hydroxylation sites is 1. The molecule has 4 rings (SSSR count). The molecule has 0 saturated heterocycles. The van der Waals surface area contributed by atoms with Crippen LogP contribution in [0, 0.1) is 0 Å². The van der Waals surface area contributed by atoms with Crippen LogP contribution in [0.4, 0.5) is 17.1 Å². The molecule has 1 aliphatic heterocycles. The fraction of sp³-hybridized carbons (Fsp3) is 0.310. The normalized spacial score (nSPS) is 15.2. The molecule has 3 aromatic rings. The van der Waals surface area contributed by atoms with Gasteiger partial charge in [0.15, 0.2) is 0 Å². The highest BCUT2D eigenvalue weighted by Gasteiger charge is 2.27. The number of nitrogens with one attached hydrogen (secondary N) is 1. The molecule has 0 spiro atoms. The van der Waals surface area contributed by atoms with Gasteiger partial charge in [0.05, 0.1) is 17.4 Å².